The Morgan fingerprint density at radius 2 is 2.15 bits per heavy atom. The number of ether oxygens (including phenoxy) is 1. The highest BCUT2D eigenvalue weighted by molar-refractivity contribution is 4.67. The van der Waals surface area contributed by atoms with Gasteiger partial charge in [-0.3, -0.25) is 0 Å². The minimum Gasteiger partial charge on any atom is -0.392 e. The number of nitrogens with one attached hydrogen (secondary N) is 1. The van der Waals surface area contributed by atoms with Crippen LogP contribution in [0.1, 0.15) is 26.2 Å². The van der Waals surface area contributed by atoms with Crippen molar-refractivity contribution in [2.75, 3.05) is 26.3 Å². The molecule has 0 spiro atoms. The molecule has 0 bridgehead atoms. The van der Waals surface area contributed by atoms with E-state index in [2.05, 4.69) is 5.32 Å². The quantitative estimate of drug-likeness (QED) is 0.668. The van der Waals surface area contributed by atoms with Crippen LogP contribution in [0.4, 0.5) is 0 Å². The summed E-state index contributed by atoms with van der Waals surface area (Å²) in [5.41, 5.74) is 0. The SMILES string of the molecule is CCC(O)CNCC1CCOCC1. The zero-order valence-corrected chi connectivity index (χ0v) is 8.46. The molecule has 78 valence electrons. The highest BCUT2D eigenvalue weighted by atomic mass is 16.5. The van der Waals surface area contributed by atoms with E-state index in [0.717, 1.165) is 51.5 Å². The minimum atomic E-state index is -0.181. The standard InChI is InChI=1S/C10H21NO2/c1-2-10(12)8-11-7-9-3-5-13-6-4-9/h9-12H,2-8H2,1H3. The predicted molar refractivity (Wildman–Crippen MR) is 52.7 cm³/mol. The first-order valence-corrected chi connectivity index (χ1v) is 5.29. The zero-order valence-electron chi connectivity index (χ0n) is 8.46. The van der Waals surface area contributed by atoms with Crippen LogP contribution in [0.5, 0.6) is 0 Å². The predicted octanol–water partition coefficient (Wildman–Crippen LogP) is 0.773. The normalized spacial score (nSPS) is 21.7. The Labute approximate surface area is 80.5 Å². The summed E-state index contributed by atoms with van der Waals surface area (Å²) in [6.07, 6.45) is 2.98. The summed E-state index contributed by atoms with van der Waals surface area (Å²) >= 11 is 0. The lowest BCUT2D eigenvalue weighted by Gasteiger charge is -2.22. The molecule has 0 aromatic heterocycles. The summed E-state index contributed by atoms with van der Waals surface area (Å²) in [5, 5.41) is 12.6. The fraction of sp³-hybridized carbons (Fsp3) is 1.00. The highest BCUT2D eigenvalue weighted by Crippen LogP contribution is 2.12. The molecule has 1 aliphatic rings. The monoisotopic (exact) mass is 187 g/mol. The van der Waals surface area contributed by atoms with Crippen LogP contribution in [0.25, 0.3) is 0 Å². The molecule has 2 N–H and O–H groups in total. The summed E-state index contributed by atoms with van der Waals surface area (Å²) in [6.45, 7) is 5.57. The van der Waals surface area contributed by atoms with Gasteiger partial charge in [-0.25, -0.2) is 0 Å². The van der Waals surface area contributed by atoms with Crippen molar-refractivity contribution >= 4 is 0 Å². The van der Waals surface area contributed by atoms with E-state index in [9.17, 15) is 5.11 Å². The summed E-state index contributed by atoms with van der Waals surface area (Å²) in [5.74, 6) is 0.748. The van der Waals surface area contributed by atoms with Gasteiger partial charge < -0.3 is 15.2 Å². The van der Waals surface area contributed by atoms with Crippen molar-refractivity contribution in [2.24, 2.45) is 5.92 Å². The van der Waals surface area contributed by atoms with E-state index in [1.165, 1.54) is 0 Å². The second kappa shape index (κ2) is 6.35. The molecule has 1 atom stereocenters. The molecular formula is C10H21NO2. The van der Waals surface area contributed by atoms with Crippen LogP contribution in [0.15, 0.2) is 0 Å². The van der Waals surface area contributed by atoms with Crippen molar-refractivity contribution in [3.63, 3.8) is 0 Å². The number of aliphatic hydroxyl groups is 1. The van der Waals surface area contributed by atoms with Gasteiger partial charge in [0.2, 0.25) is 0 Å². The molecule has 13 heavy (non-hydrogen) atoms. The first-order valence-electron chi connectivity index (χ1n) is 5.29. The summed E-state index contributed by atoms with van der Waals surface area (Å²) in [4.78, 5) is 0. The smallest absolute Gasteiger partial charge is 0.0662 e. The lowest BCUT2D eigenvalue weighted by molar-refractivity contribution is 0.0649. The maximum absolute atomic E-state index is 9.30. The van der Waals surface area contributed by atoms with Crippen molar-refractivity contribution in [2.45, 2.75) is 32.3 Å². The Morgan fingerprint density at radius 3 is 2.77 bits per heavy atom. The van der Waals surface area contributed by atoms with Gasteiger partial charge in [-0.15, -0.1) is 0 Å². The molecule has 1 rings (SSSR count). The molecule has 1 heterocycles. The molecule has 1 unspecified atom stereocenters. The summed E-state index contributed by atoms with van der Waals surface area (Å²) in [6, 6.07) is 0. The van der Waals surface area contributed by atoms with Crippen LogP contribution >= 0.6 is 0 Å². The lowest BCUT2D eigenvalue weighted by Crippen LogP contribution is -2.32. The molecule has 3 nitrogen and oxygen atoms in total. The largest absolute Gasteiger partial charge is 0.392 e. The van der Waals surface area contributed by atoms with Gasteiger partial charge in [0.05, 0.1) is 6.10 Å². The maximum Gasteiger partial charge on any atom is 0.0662 e. The highest BCUT2D eigenvalue weighted by Gasteiger charge is 2.13. The van der Waals surface area contributed by atoms with Crippen molar-refractivity contribution in [3.05, 3.63) is 0 Å². The van der Waals surface area contributed by atoms with E-state index >= 15 is 0 Å². The Balaban J connectivity index is 1.98. The van der Waals surface area contributed by atoms with E-state index in [1.54, 1.807) is 0 Å². The second-order valence-corrected chi connectivity index (χ2v) is 3.78. The first-order chi connectivity index (χ1) is 6.33. The third kappa shape index (κ3) is 4.60. The summed E-state index contributed by atoms with van der Waals surface area (Å²) in [7, 11) is 0. The summed E-state index contributed by atoms with van der Waals surface area (Å²) < 4.78 is 5.27. The van der Waals surface area contributed by atoms with Gasteiger partial charge in [-0.05, 0) is 31.7 Å². The van der Waals surface area contributed by atoms with Crippen LogP contribution in [0.3, 0.4) is 0 Å². The maximum atomic E-state index is 9.30. The molecule has 0 saturated carbocycles. The number of hydrogen-bond donors (Lipinski definition) is 2. The van der Waals surface area contributed by atoms with Gasteiger partial charge >= 0.3 is 0 Å². The first kappa shape index (κ1) is 11.0. The van der Waals surface area contributed by atoms with E-state index in [-0.39, 0.29) is 6.10 Å². The van der Waals surface area contributed by atoms with E-state index in [4.69, 9.17) is 4.74 Å². The van der Waals surface area contributed by atoms with Crippen LogP contribution in [-0.2, 0) is 4.74 Å². The van der Waals surface area contributed by atoms with E-state index < -0.39 is 0 Å². The van der Waals surface area contributed by atoms with E-state index in [0.29, 0.717) is 0 Å². The topological polar surface area (TPSA) is 41.5 Å². The van der Waals surface area contributed by atoms with Crippen LogP contribution in [-0.4, -0.2) is 37.5 Å². The fourth-order valence-electron chi connectivity index (χ4n) is 1.55. The van der Waals surface area contributed by atoms with Gasteiger partial charge in [0.25, 0.3) is 0 Å². The Hall–Kier alpha value is -0.120. The van der Waals surface area contributed by atoms with Crippen molar-refractivity contribution in [1.82, 2.24) is 5.32 Å². The average molecular weight is 187 g/mol. The Kier molecular flexibility index (Phi) is 5.35. The number of hydrogen-bond acceptors (Lipinski definition) is 3. The fourth-order valence-corrected chi connectivity index (χ4v) is 1.55. The third-order valence-corrected chi connectivity index (χ3v) is 2.63. The lowest BCUT2D eigenvalue weighted by atomic mass is 10.0. The van der Waals surface area contributed by atoms with Crippen LogP contribution in [0, 0.1) is 5.92 Å². The molecule has 1 saturated heterocycles. The number of aliphatic hydroxyl groups excluding tert-OH is 1. The number of rotatable bonds is 5. The van der Waals surface area contributed by atoms with Crippen molar-refractivity contribution in [3.8, 4) is 0 Å². The second-order valence-electron chi connectivity index (χ2n) is 3.78. The Bertz CT molecular complexity index is 124. The Morgan fingerprint density at radius 1 is 1.46 bits per heavy atom. The van der Waals surface area contributed by atoms with E-state index in [1.807, 2.05) is 6.92 Å². The average Bonchev–Trinajstić information content (AvgIpc) is 2.19. The van der Waals surface area contributed by atoms with Gasteiger partial charge in [-0.2, -0.15) is 0 Å². The van der Waals surface area contributed by atoms with Gasteiger partial charge in [0, 0.05) is 19.8 Å². The third-order valence-electron chi connectivity index (χ3n) is 2.63. The molecule has 3 heteroatoms. The molecule has 0 aliphatic carbocycles. The molecule has 0 aromatic rings. The minimum absolute atomic E-state index is 0.181. The molecule has 0 radical (unpaired) electrons. The zero-order chi connectivity index (χ0) is 9.52. The van der Waals surface area contributed by atoms with Gasteiger partial charge in [0.15, 0.2) is 0 Å². The molecule has 1 fully saturated rings. The van der Waals surface area contributed by atoms with Crippen molar-refractivity contribution in [1.29, 1.82) is 0 Å². The van der Waals surface area contributed by atoms with Gasteiger partial charge in [-0.1, -0.05) is 6.92 Å². The molecule has 1 aliphatic heterocycles. The van der Waals surface area contributed by atoms with Crippen LogP contribution < -0.4 is 5.32 Å². The molecular weight excluding hydrogens is 166 g/mol. The van der Waals surface area contributed by atoms with Gasteiger partial charge in [0.1, 0.15) is 0 Å². The molecule has 0 aromatic carbocycles. The molecule has 0 amide bonds. The van der Waals surface area contributed by atoms with Crippen LogP contribution in [0.2, 0.25) is 0 Å². The van der Waals surface area contributed by atoms with Crippen molar-refractivity contribution < 1.29 is 9.84 Å².